The van der Waals surface area contributed by atoms with Crippen molar-refractivity contribution in [3.63, 3.8) is 0 Å². The quantitative estimate of drug-likeness (QED) is 0.763. The first kappa shape index (κ1) is 18.0. The lowest BCUT2D eigenvalue weighted by molar-refractivity contribution is -0.123. The van der Waals surface area contributed by atoms with Gasteiger partial charge in [0.1, 0.15) is 5.75 Å². The SMILES string of the molecule is CCNC(=O)c1ccc(CNC(=O)COc2cccc(Br)c2)cc1. The molecule has 0 heterocycles. The van der Waals surface area contributed by atoms with E-state index in [1.54, 1.807) is 24.3 Å². The van der Waals surface area contributed by atoms with E-state index in [0.29, 0.717) is 24.4 Å². The monoisotopic (exact) mass is 390 g/mol. The summed E-state index contributed by atoms with van der Waals surface area (Å²) in [6, 6.07) is 14.4. The van der Waals surface area contributed by atoms with E-state index in [-0.39, 0.29) is 18.4 Å². The normalized spacial score (nSPS) is 10.1. The topological polar surface area (TPSA) is 67.4 Å². The fourth-order valence-electron chi connectivity index (χ4n) is 1.99. The van der Waals surface area contributed by atoms with E-state index in [1.165, 1.54) is 0 Å². The largest absolute Gasteiger partial charge is 0.484 e. The number of hydrogen-bond donors (Lipinski definition) is 2. The van der Waals surface area contributed by atoms with Gasteiger partial charge >= 0.3 is 0 Å². The van der Waals surface area contributed by atoms with Crippen LogP contribution in [0.15, 0.2) is 53.0 Å². The molecule has 0 spiro atoms. The second kappa shape index (κ2) is 9.08. The van der Waals surface area contributed by atoms with E-state index in [9.17, 15) is 9.59 Å². The predicted octanol–water partition coefficient (Wildman–Crippen LogP) is 2.89. The van der Waals surface area contributed by atoms with Gasteiger partial charge in [-0.15, -0.1) is 0 Å². The highest BCUT2D eigenvalue weighted by Crippen LogP contribution is 2.17. The summed E-state index contributed by atoms with van der Waals surface area (Å²) in [5, 5.41) is 5.52. The third-order valence-electron chi connectivity index (χ3n) is 3.21. The van der Waals surface area contributed by atoms with E-state index in [0.717, 1.165) is 10.0 Å². The highest BCUT2D eigenvalue weighted by Gasteiger charge is 2.05. The summed E-state index contributed by atoms with van der Waals surface area (Å²) in [4.78, 5) is 23.5. The molecule has 2 aromatic rings. The molecule has 0 aliphatic rings. The van der Waals surface area contributed by atoms with Crippen LogP contribution in [0.1, 0.15) is 22.8 Å². The van der Waals surface area contributed by atoms with Crippen LogP contribution in [-0.2, 0) is 11.3 Å². The molecule has 0 radical (unpaired) electrons. The van der Waals surface area contributed by atoms with E-state index in [4.69, 9.17) is 4.74 Å². The van der Waals surface area contributed by atoms with Gasteiger partial charge in [0.2, 0.25) is 0 Å². The number of benzene rings is 2. The van der Waals surface area contributed by atoms with E-state index < -0.39 is 0 Å². The molecule has 2 aromatic carbocycles. The standard InChI is InChI=1S/C18H19BrN2O3/c1-2-20-18(23)14-8-6-13(7-9-14)11-21-17(22)12-24-16-5-3-4-15(19)10-16/h3-10H,2,11-12H2,1H3,(H,20,23)(H,21,22). The zero-order chi connectivity index (χ0) is 17.4. The van der Waals surface area contributed by atoms with Crippen LogP contribution in [0.25, 0.3) is 0 Å². The maximum atomic E-state index is 11.8. The minimum atomic E-state index is -0.206. The van der Waals surface area contributed by atoms with Crippen molar-refractivity contribution in [3.05, 3.63) is 64.1 Å². The molecule has 0 saturated heterocycles. The summed E-state index contributed by atoms with van der Waals surface area (Å²) >= 11 is 3.35. The van der Waals surface area contributed by atoms with Crippen LogP contribution < -0.4 is 15.4 Å². The Morgan fingerprint density at radius 2 is 1.83 bits per heavy atom. The molecule has 0 fully saturated rings. The Balaban J connectivity index is 1.78. The van der Waals surface area contributed by atoms with Crippen LogP contribution in [0, 0.1) is 0 Å². The first-order valence-corrected chi connectivity index (χ1v) is 8.40. The molecule has 126 valence electrons. The highest BCUT2D eigenvalue weighted by molar-refractivity contribution is 9.10. The molecular weight excluding hydrogens is 372 g/mol. The van der Waals surface area contributed by atoms with Crippen molar-refractivity contribution >= 4 is 27.7 Å². The average molecular weight is 391 g/mol. The Bertz CT molecular complexity index is 702. The summed E-state index contributed by atoms with van der Waals surface area (Å²) < 4.78 is 6.32. The average Bonchev–Trinajstić information content (AvgIpc) is 2.59. The van der Waals surface area contributed by atoms with Gasteiger partial charge in [-0.3, -0.25) is 9.59 Å². The number of rotatable bonds is 7. The van der Waals surface area contributed by atoms with Crippen molar-refractivity contribution < 1.29 is 14.3 Å². The van der Waals surface area contributed by atoms with Crippen LogP contribution in [-0.4, -0.2) is 25.0 Å². The van der Waals surface area contributed by atoms with Gasteiger partial charge in [-0.25, -0.2) is 0 Å². The lowest BCUT2D eigenvalue weighted by Gasteiger charge is -2.08. The van der Waals surface area contributed by atoms with Crippen molar-refractivity contribution in [1.29, 1.82) is 0 Å². The molecule has 2 rings (SSSR count). The Kier molecular flexibility index (Phi) is 6.81. The minimum absolute atomic E-state index is 0.0482. The first-order chi connectivity index (χ1) is 11.6. The molecule has 0 atom stereocenters. The van der Waals surface area contributed by atoms with E-state index in [2.05, 4.69) is 26.6 Å². The lowest BCUT2D eigenvalue weighted by atomic mass is 10.1. The predicted molar refractivity (Wildman–Crippen MR) is 95.9 cm³/mol. The van der Waals surface area contributed by atoms with Gasteiger partial charge in [0.25, 0.3) is 11.8 Å². The van der Waals surface area contributed by atoms with Gasteiger partial charge in [-0.2, -0.15) is 0 Å². The van der Waals surface area contributed by atoms with Crippen molar-refractivity contribution in [3.8, 4) is 5.75 Å². The van der Waals surface area contributed by atoms with Crippen molar-refractivity contribution in [2.45, 2.75) is 13.5 Å². The summed E-state index contributed by atoms with van der Waals surface area (Å²) in [7, 11) is 0. The molecular formula is C18H19BrN2O3. The van der Waals surface area contributed by atoms with Gasteiger partial charge < -0.3 is 15.4 Å². The van der Waals surface area contributed by atoms with Crippen LogP contribution in [0.5, 0.6) is 5.75 Å². The number of nitrogens with one attached hydrogen (secondary N) is 2. The fraction of sp³-hybridized carbons (Fsp3) is 0.222. The number of carbonyl (C=O) groups excluding carboxylic acids is 2. The summed E-state index contributed by atoms with van der Waals surface area (Å²) in [5.74, 6) is 0.323. The molecule has 6 heteroatoms. The number of amides is 2. The maximum absolute atomic E-state index is 11.8. The van der Waals surface area contributed by atoms with Gasteiger partial charge in [-0.05, 0) is 42.8 Å². The molecule has 2 N–H and O–H groups in total. The number of halogens is 1. The zero-order valence-corrected chi connectivity index (χ0v) is 14.9. The molecule has 0 aromatic heterocycles. The van der Waals surface area contributed by atoms with Gasteiger partial charge in [0, 0.05) is 23.1 Å². The number of carbonyl (C=O) groups is 2. The van der Waals surface area contributed by atoms with Gasteiger partial charge in [-0.1, -0.05) is 34.1 Å². The summed E-state index contributed by atoms with van der Waals surface area (Å²) in [6.07, 6.45) is 0. The Morgan fingerprint density at radius 3 is 2.50 bits per heavy atom. The zero-order valence-electron chi connectivity index (χ0n) is 13.3. The van der Waals surface area contributed by atoms with E-state index >= 15 is 0 Å². The number of ether oxygens (including phenoxy) is 1. The molecule has 2 amide bonds. The number of hydrogen-bond acceptors (Lipinski definition) is 3. The molecule has 0 aliphatic heterocycles. The first-order valence-electron chi connectivity index (χ1n) is 7.60. The second-order valence-electron chi connectivity index (χ2n) is 5.08. The molecule has 5 nitrogen and oxygen atoms in total. The molecule has 0 bridgehead atoms. The Morgan fingerprint density at radius 1 is 1.08 bits per heavy atom. The van der Waals surface area contributed by atoms with Crippen LogP contribution in [0.3, 0.4) is 0 Å². The van der Waals surface area contributed by atoms with Gasteiger partial charge in [0.15, 0.2) is 6.61 Å². The molecule has 0 unspecified atom stereocenters. The summed E-state index contributed by atoms with van der Waals surface area (Å²) in [6.45, 7) is 2.80. The van der Waals surface area contributed by atoms with Crippen LogP contribution in [0.2, 0.25) is 0 Å². The molecule has 0 aliphatic carbocycles. The molecule has 0 saturated carbocycles. The van der Waals surface area contributed by atoms with Crippen LogP contribution in [0.4, 0.5) is 0 Å². The third kappa shape index (κ3) is 5.70. The smallest absolute Gasteiger partial charge is 0.258 e. The van der Waals surface area contributed by atoms with Crippen molar-refractivity contribution in [2.75, 3.05) is 13.2 Å². The van der Waals surface area contributed by atoms with E-state index in [1.807, 2.05) is 31.2 Å². The lowest BCUT2D eigenvalue weighted by Crippen LogP contribution is -2.28. The van der Waals surface area contributed by atoms with Gasteiger partial charge in [0.05, 0.1) is 0 Å². The summed E-state index contributed by atoms with van der Waals surface area (Å²) in [5.41, 5.74) is 1.52. The Hall–Kier alpha value is -2.34. The molecule has 24 heavy (non-hydrogen) atoms. The fourth-order valence-corrected chi connectivity index (χ4v) is 2.37. The highest BCUT2D eigenvalue weighted by atomic mass is 79.9. The minimum Gasteiger partial charge on any atom is -0.484 e. The van der Waals surface area contributed by atoms with Crippen molar-refractivity contribution in [2.24, 2.45) is 0 Å². The Labute approximate surface area is 149 Å². The third-order valence-corrected chi connectivity index (χ3v) is 3.70. The van der Waals surface area contributed by atoms with Crippen LogP contribution >= 0.6 is 15.9 Å². The second-order valence-corrected chi connectivity index (χ2v) is 5.99. The maximum Gasteiger partial charge on any atom is 0.258 e. The van der Waals surface area contributed by atoms with Crippen molar-refractivity contribution in [1.82, 2.24) is 10.6 Å².